The van der Waals surface area contributed by atoms with Gasteiger partial charge in [-0.2, -0.15) is 0 Å². The van der Waals surface area contributed by atoms with Crippen molar-refractivity contribution in [3.8, 4) is 0 Å². The van der Waals surface area contributed by atoms with Crippen molar-refractivity contribution in [1.29, 1.82) is 0 Å². The molecule has 1 atom stereocenters. The molecule has 25 heavy (non-hydrogen) atoms. The van der Waals surface area contributed by atoms with Gasteiger partial charge in [-0.3, -0.25) is 9.59 Å². The maximum atomic E-state index is 12.7. The average Bonchev–Trinajstić information content (AvgIpc) is 3.32. The van der Waals surface area contributed by atoms with Gasteiger partial charge < -0.3 is 4.90 Å². The number of thiophene rings is 1. The van der Waals surface area contributed by atoms with Gasteiger partial charge in [0.2, 0.25) is 5.91 Å². The summed E-state index contributed by atoms with van der Waals surface area (Å²) >= 11 is 1.69. The second-order valence-electron chi connectivity index (χ2n) is 6.15. The molecule has 7 heteroatoms. The number of benzene rings is 1. The fourth-order valence-electron chi connectivity index (χ4n) is 3.36. The lowest BCUT2D eigenvalue weighted by atomic mass is 10.2. The standard InChI is InChI=1S/C18H18N4O2S/c23-17(21-10-3-7-15(21)16-8-4-12-25-16)9-11-22-18(24)13-5-1-2-6-14(13)19-20-22/h1-2,4-6,8,12,15H,3,7,9-11H2. The normalized spacial score (nSPS) is 17.3. The predicted octanol–water partition coefficient (Wildman–Crippen LogP) is 2.61. The maximum Gasteiger partial charge on any atom is 0.277 e. The summed E-state index contributed by atoms with van der Waals surface area (Å²) in [4.78, 5) is 28.3. The van der Waals surface area contributed by atoms with Crippen LogP contribution in [0, 0.1) is 0 Å². The predicted molar refractivity (Wildman–Crippen MR) is 96.4 cm³/mol. The minimum atomic E-state index is -0.199. The van der Waals surface area contributed by atoms with Crippen LogP contribution >= 0.6 is 11.3 Å². The van der Waals surface area contributed by atoms with Gasteiger partial charge in [-0.25, -0.2) is 4.68 Å². The average molecular weight is 354 g/mol. The molecule has 1 saturated heterocycles. The van der Waals surface area contributed by atoms with Crippen LogP contribution < -0.4 is 5.56 Å². The second-order valence-corrected chi connectivity index (χ2v) is 7.12. The second kappa shape index (κ2) is 6.76. The number of aromatic nitrogens is 3. The number of fused-ring (bicyclic) bond motifs is 1. The zero-order valence-electron chi connectivity index (χ0n) is 13.7. The van der Waals surface area contributed by atoms with E-state index in [1.807, 2.05) is 22.4 Å². The highest BCUT2D eigenvalue weighted by Crippen LogP contribution is 2.34. The number of carbonyl (C=O) groups is 1. The van der Waals surface area contributed by atoms with Gasteiger partial charge in [-0.05, 0) is 36.4 Å². The monoisotopic (exact) mass is 354 g/mol. The summed E-state index contributed by atoms with van der Waals surface area (Å²) < 4.78 is 1.29. The Morgan fingerprint density at radius 2 is 2.12 bits per heavy atom. The van der Waals surface area contributed by atoms with E-state index >= 15 is 0 Å². The molecule has 0 aliphatic carbocycles. The Morgan fingerprint density at radius 3 is 2.96 bits per heavy atom. The Bertz CT molecular complexity index is 951. The molecule has 0 spiro atoms. The SMILES string of the molecule is O=C(CCn1nnc2ccccc2c1=O)N1CCCC1c1cccs1. The van der Waals surface area contributed by atoms with E-state index in [0.717, 1.165) is 19.4 Å². The van der Waals surface area contributed by atoms with Gasteiger partial charge in [0, 0.05) is 17.8 Å². The summed E-state index contributed by atoms with van der Waals surface area (Å²) in [6, 6.07) is 11.4. The Morgan fingerprint density at radius 1 is 1.24 bits per heavy atom. The van der Waals surface area contributed by atoms with Crippen LogP contribution in [-0.2, 0) is 11.3 Å². The van der Waals surface area contributed by atoms with E-state index in [2.05, 4.69) is 16.4 Å². The molecule has 1 amide bonds. The third kappa shape index (κ3) is 3.07. The number of aryl methyl sites for hydroxylation is 1. The zero-order valence-corrected chi connectivity index (χ0v) is 14.5. The number of carbonyl (C=O) groups excluding carboxylic acids is 1. The number of nitrogens with zero attached hydrogens (tertiary/aromatic N) is 4. The molecule has 1 aromatic carbocycles. The fourth-order valence-corrected chi connectivity index (χ4v) is 4.23. The molecule has 1 aliphatic rings. The summed E-state index contributed by atoms with van der Waals surface area (Å²) in [6.07, 6.45) is 2.28. The Hall–Kier alpha value is -2.54. The molecule has 128 valence electrons. The van der Waals surface area contributed by atoms with Crippen LogP contribution in [0.5, 0.6) is 0 Å². The van der Waals surface area contributed by atoms with Crippen molar-refractivity contribution < 1.29 is 4.79 Å². The molecule has 1 fully saturated rings. The lowest BCUT2D eigenvalue weighted by Gasteiger charge is -2.24. The first-order valence-electron chi connectivity index (χ1n) is 8.39. The lowest BCUT2D eigenvalue weighted by molar-refractivity contribution is -0.132. The minimum absolute atomic E-state index is 0.0674. The zero-order chi connectivity index (χ0) is 17.2. The van der Waals surface area contributed by atoms with Crippen LogP contribution in [0.2, 0.25) is 0 Å². The van der Waals surface area contributed by atoms with Crippen LogP contribution in [-0.4, -0.2) is 32.3 Å². The van der Waals surface area contributed by atoms with Crippen molar-refractivity contribution in [2.75, 3.05) is 6.54 Å². The molecular formula is C18H18N4O2S. The summed E-state index contributed by atoms with van der Waals surface area (Å²) in [7, 11) is 0. The summed E-state index contributed by atoms with van der Waals surface area (Å²) in [6.45, 7) is 1.03. The molecule has 3 heterocycles. The van der Waals surface area contributed by atoms with Crippen molar-refractivity contribution in [1.82, 2.24) is 19.9 Å². The van der Waals surface area contributed by atoms with Gasteiger partial charge in [-0.15, -0.1) is 16.4 Å². The molecular weight excluding hydrogens is 336 g/mol. The number of likely N-dealkylation sites (tertiary alicyclic amines) is 1. The first-order valence-corrected chi connectivity index (χ1v) is 9.27. The molecule has 3 aromatic rings. The Labute approximate surface area is 148 Å². The van der Waals surface area contributed by atoms with E-state index in [4.69, 9.17) is 0 Å². The van der Waals surface area contributed by atoms with E-state index in [1.54, 1.807) is 29.5 Å². The number of amides is 1. The number of hydrogen-bond acceptors (Lipinski definition) is 5. The van der Waals surface area contributed by atoms with E-state index in [0.29, 0.717) is 10.9 Å². The van der Waals surface area contributed by atoms with Gasteiger partial charge in [0.05, 0.1) is 18.0 Å². The van der Waals surface area contributed by atoms with Crippen LogP contribution in [0.1, 0.15) is 30.2 Å². The number of hydrogen-bond donors (Lipinski definition) is 0. The third-order valence-electron chi connectivity index (χ3n) is 4.61. The summed E-state index contributed by atoms with van der Waals surface area (Å²) in [5.41, 5.74) is 0.377. The first kappa shape index (κ1) is 16.0. The minimum Gasteiger partial charge on any atom is -0.335 e. The molecule has 0 N–H and O–H groups in total. The molecule has 0 saturated carbocycles. The van der Waals surface area contributed by atoms with Crippen LogP contribution in [0.25, 0.3) is 10.9 Å². The number of rotatable bonds is 4. The molecule has 1 aliphatic heterocycles. The molecule has 6 nitrogen and oxygen atoms in total. The highest BCUT2D eigenvalue weighted by molar-refractivity contribution is 7.10. The van der Waals surface area contributed by atoms with E-state index in [1.165, 1.54) is 9.56 Å². The maximum absolute atomic E-state index is 12.7. The summed E-state index contributed by atoms with van der Waals surface area (Å²) in [5, 5.41) is 10.6. The van der Waals surface area contributed by atoms with E-state index in [9.17, 15) is 9.59 Å². The Balaban J connectivity index is 1.49. The van der Waals surface area contributed by atoms with Crippen molar-refractivity contribution in [2.45, 2.75) is 31.8 Å². The van der Waals surface area contributed by atoms with Crippen molar-refractivity contribution in [3.05, 3.63) is 57.0 Å². The van der Waals surface area contributed by atoms with Gasteiger partial charge in [-0.1, -0.05) is 23.4 Å². The molecule has 0 radical (unpaired) electrons. The first-order chi connectivity index (χ1) is 12.2. The van der Waals surface area contributed by atoms with Crippen molar-refractivity contribution in [2.24, 2.45) is 0 Å². The van der Waals surface area contributed by atoms with Crippen molar-refractivity contribution in [3.63, 3.8) is 0 Å². The van der Waals surface area contributed by atoms with Gasteiger partial charge in [0.1, 0.15) is 5.52 Å². The van der Waals surface area contributed by atoms with Crippen LogP contribution in [0.15, 0.2) is 46.6 Å². The topological polar surface area (TPSA) is 68.1 Å². The molecule has 1 unspecified atom stereocenters. The smallest absolute Gasteiger partial charge is 0.277 e. The van der Waals surface area contributed by atoms with E-state index in [-0.39, 0.29) is 30.5 Å². The molecule has 2 aromatic heterocycles. The Kier molecular flexibility index (Phi) is 4.31. The fraction of sp³-hybridized carbons (Fsp3) is 0.333. The van der Waals surface area contributed by atoms with Crippen LogP contribution in [0.3, 0.4) is 0 Å². The molecule has 0 bridgehead atoms. The quantitative estimate of drug-likeness (QED) is 0.722. The lowest BCUT2D eigenvalue weighted by Crippen LogP contribution is -2.32. The van der Waals surface area contributed by atoms with Gasteiger partial charge in [0.25, 0.3) is 5.56 Å². The summed E-state index contributed by atoms with van der Waals surface area (Å²) in [5.74, 6) is 0.0674. The van der Waals surface area contributed by atoms with Gasteiger partial charge in [0.15, 0.2) is 0 Å². The highest BCUT2D eigenvalue weighted by Gasteiger charge is 2.30. The van der Waals surface area contributed by atoms with Gasteiger partial charge >= 0.3 is 0 Å². The van der Waals surface area contributed by atoms with E-state index < -0.39 is 0 Å². The molecule has 4 rings (SSSR count). The van der Waals surface area contributed by atoms with Crippen LogP contribution in [0.4, 0.5) is 0 Å². The van der Waals surface area contributed by atoms with Crippen molar-refractivity contribution >= 4 is 28.1 Å². The third-order valence-corrected chi connectivity index (χ3v) is 5.59. The largest absolute Gasteiger partial charge is 0.335 e. The highest BCUT2D eigenvalue weighted by atomic mass is 32.1.